The van der Waals surface area contributed by atoms with E-state index in [-0.39, 0.29) is 10.3 Å². The molecule has 0 fully saturated rings. The van der Waals surface area contributed by atoms with Gasteiger partial charge in [0.1, 0.15) is 5.82 Å². The number of hydrogen-bond acceptors (Lipinski definition) is 4. The highest BCUT2D eigenvalue weighted by Crippen LogP contribution is 2.27. The average Bonchev–Trinajstić information content (AvgIpc) is 2.46. The highest BCUT2D eigenvalue weighted by Gasteiger charge is 2.18. The molecule has 1 aromatic heterocycles. The van der Waals surface area contributed by atoms with Crippen molar-refractivity contribution in [2.75, 3.05) is 14.1 Å². The van der Waals surface area contributed by atoms with E-state index in [1.54, 1.807) is 6.07 Å². The highest BCUT2D eigenvalue weighted by molar-refractivity contribution is 7.89. The largest absolute Gasteiger partial charge is 0.289 e. The van der Waals surface area contributed by atoms with Gasteiger partial charge in [0.15, 0.2) is 5.43 Å². The van der Waals surface area contributed by atoms with Crippen LogP contribution >= 0.6 is 11.3 Å². The molecular formula is C15H12FNO3S2. The number of hydrogen-bond donors (Lipinski definition) is 0. The fraction of sp³-hybridized carbons (Fsp3) is 0.133. The first kappa shape index (κ1) is 15.1. The Balaban J connectivity index is 2.39. The summed E-state index contributed by atoms with van der Waals surface area (Å²) in [5, 5.41) is 0.713. The van der Waals surface area contributed by atoms with E-state index in [0.29, 0.717) is 20.2 Å². The third kappa shape index (κ3) is 2.31. The Kier molecular flexibility index (Phi) is 3.51. The molecule has 3 rings (SSSR count). The number of fused-ring (bicyclic) bond motifs is 2. The van der Waals surface area contributed by atoms with Gasteiger partial charge in [0, 0.05) is 34.3 Å². The first-order valence-corrected chi connectivity index (χ1v) is 8.65. The van der Waals surface area contributed by atoms with Crippen molar-refractivity contribution >= 4 is 41.5 Å². The van der Waals surface area contributed by atoms with E-state index >= 15 is 0 Å². The maximum Gasteiger partial charge on any atom is 0.242 e. The zero-order valence-corrected chi connectivity index (χ0v) is 13.5. The van der Waals surface area contributed by atoms with Crippen LogP contribution in [0.4, 0.5) is 4.39 Å². The van der Waals surface area contributed by atoms with E-state index in [2.05, 4.69) is 0 Å². The minimum Gasteiger partial charge on any atom is -0.289 e. The zero-order valence-electron chi connectivity index (χ0n) is 11.8. The molecule has 0 spiro atoms. The monoisotopic (exact) mass is 337 g/mol. The second kappa shape index (κ2) is 5.12. The van der Waals surface area contributed by atoms with Gasteiger partial charge >= 0.3 is 0 Å². The number of rotatable bonds is 2. The summed E-state index contributed by atoms with van der Waals surface area (Å²) in [6.45, 7) is 0. The third-order valence-electron chi connectivity index (χ3n) is 3.38. The molecule has 0 amide bonds. The van der Waals surface area contributed by atoms with Gasteiger partial charge in [0.25, 0.3) is 0 Å². The Bertz CT molecular complexity index is 1060. The summed E-state index contributed by atoms with van der Waals surface area (Å²) in [5.41, 5.74) is -0.292. The molecule has 4 nitrogen and oxygen atoms in total. The second-order valence-electron chi connectivity index (χ2n) is 5.02. The molecule has 0 aliphatic heterocycles. The van der Waals surface area contributed by atoms with Crippen LogP contribution in [0.5, 0.6) is 0 Å². The lowest BCUT2D eigenvalue weighted by Gasteiger charge is -2.11. The Labute approximate surface area is 130 Å². The number of sulfonamides is 1. The van der Waals surface area contributed by atoms with Gasteiger partial charge in [-0.2, -0.15) is 0 Å². The molecule has 0 unspecified atom stereocenters. The molecule has 3 aromatic rings. The predicted molar refractivity (Wildman–Crippen MR) is 86.4 cm³/mol. The molecule has 7 heteroatoms. The van der Waals surface area contributed by atoms with E-state index in [1.807, 2.05) is 0 Å². The molecule has 0 bridgehead atoms. The predicted octanol–water partition coefficient (Wildman–Crippen LogP) is 2.80. The Morgan fingerprint density at radius 3 is 2.41 bits per heavy atom. The van der Waals surface area contributed by atoms with Gasteiger partial charge in [-0.15, -0.1) is 11.3 Å². The molecule has 0 N–H and O–H groups in total. The SMILES string of the molecule is CN(C)S(=O)(=O)c1ccc2sc3cc(F)ccc3c(=O)c2c1. The van der Waals surface area contributed by atoms with Gasteiger partial charge in [0.2, 0.25) is 10.0 Å². The molecule has 0 aliphatic carbocycles. The van der Waals surface area contributed by atoms with Crippen LogP contribution in [-0.4, -0.2) is 26.8 Å². The van der Waals surface area contributed by atoms with Crippen LogP contribution < -0.4 is 5.43 Å². The van der Waals surface area contributed by atoms with Crippen molar-refractivity contribution in [3.05, 3.63) is 52.4 Å². The standard InChI is InChI=1S/C15H12FNO3S2/c1-17(2)22(19,20)10-4-6-13-12(8-10)15(18)11-5-3-9(16)7-14(11)21-13/h3-8H,1-2H3. The molecule has 22 heavy (non-hydrogen) atoms. The van der Waals surface area contributed by atoms with Gasteiger partial charge in [-0.1, -0.05) is 0 Å². The smallest absolute Gasteiger partial charge is 0.242 e. The lowest BCUT2D eigenvalue weighted by molar-refractivity contribution is 0.521. The maximum atomic E-state index is 13.3. The van der Waals surface area contributed by atoms with Crippen LogP contribution in [0.1, 0.15) is 0 Å². The first-order chi connectivity index (χ1) is 10.3. The van der Waals surface area contributed by atoms with Crippen molar-refractivity contribution in [3.8, 4) is 0 Å². The molecule has 114 valence electrons. The van der Waals surface area contributed by atoms with Gasteiger partial charge in [0.05, 0.1) is 4.90 Å². The summed E-state index contributed by atoms with van der Waals surface area (Å²) >= 11 is 1.26. The molecule has 0 saturated heterocycles. The number of benzene rings is 2. The molecule has 0 atom stereocenters. The summed E-state index contributed by atoms with van der Waals surface area (Å²) in [5.74, 6) is -0.408. The van der Waals surface area contributed by atoms with E-state index in [4.69, 9.17) is 0 Å². The maximum absolute atomic E-state index is 13.3. The van der Waals surface area contributed by atoms with Gasteiger partial charge in [-0.25, -0.2) is 17.1 Å². The lowest BCUT2D eigenvalue weighted by atomic mass is 10.2. The van der Waals surface area contributed by atoms with Crippen molar-refractivity contribution in [1.29, 1.82) is 0 Å². The van der Waals surface area contributed by atoms with Crippen LogP contribution in [0.15, 0.2) is 46.1 Å². The highest BCUT2D eigenvalue weighted by atomic mass is 32.2. The fourth-order valence-corrected chi connectivity index (χ4v) is 4.18. The van der Waals surface area contributed by atoms with Crippen LogP contribution in [0.25, 0.3) is 20.2 Å². The van der Waals surface area contributed by atoms with Crippen LogP contribution in [-0.2, 0) is 10.0 Å². The normalized spacial score (nSPS) is 12.4. The van der Waals surface area contributed by atoms with Crippen LogP contribution in [0, 0.1) is 5.82 Å². The second-order valence-corrected chi connectivity index (χ2v) is 8.25. The van der Waals surface area contributed by atoms with Crippen molar-refractivity contribution < 1.29 is 12.8 Å². The Morgan fingerprint density at radius 2 is 1.73 bits per heavy atom. The summed E-state index contributed by atoms with van der Waals surface area (Å²) in [7, 11) is -0.738. The van der Waals surface area contributed by atoms with Crippen LogP contribution in [0.2, 0.25) is 0 Å². The topological polar surface area (TPSA) is 54.5 Å². The van der Waals surface area contributed by atoms with E-state index in [9.17, 15) is 17.6 Å². The Hall–Kier alpha value is -1.83. The minimum atomic E-state index is -3.61. The summed E-state index contributed by atoms with van der Waals surface area (Å²) in [6, 6.07) is 8.39. The summed E-state index contributed by atoms with van der Waals surface area (Å²) < 4.78 is 39.9. The molecule has 1 heterocycles. The van der Waals surface area contributed by atoms with Crippen molar-refractivity contribution in [3.63, 3.8) is 0 Å². The lowest BCUT2D eigenvalue weighted by Crippen LogP contribution is -2.22. The zero-order chi connectivity index (χ0) is 16.1. The van der Waals surface area contributed by atoms with Crippen LogP contribution in [0.3, 0.4) is 0 Å². The third-order valence-corrected chi connectivity index (χ3v) is 6.33. The molecule has 0 radical (unpaired) electrons. The fourth-order valence-electron chi connectivity index (χ4n) is 2.18. The molecule has 0 aliphatic rings. The molecular weight excluding hydrogens is 325 g/mol. The first-order valence-electron chi connectivity index (χ1n) is 6.39. The van der Waals surface area contributed by atoms with Crippen molar-refractivity contribution in [2.24, 2.45) is 0 Å². The van der Waals surface area contributed by atoms with Gasteiger partial charge < -0.3 is 0 Å². The van der Waals surface area contributed by atoms with E-state index in [0.717, 1.165) is 4.31 Å². The summed E-state index contributed by atoms with van der Waals surface area (Å²) in [4.78, 5) is 12.6. The number of halogens is 1. The number of nitrogens with zero attached hydrogens (tertiary/aromatic N) is 1. The van der Waals surface area contributed by atoms with Crippen molar-refractivity contribution in [2.45, 2.75) is 4.90 Å². The van der Waals surface area contributed by atoms with Gasteiger partial charge in [-0.3, -0.25) is 4.79 Å². The quantitative estimate of drug-likeness (QED) is 0.676. The average molecular weight is 337 g/mol. The van der Waals surface area contributed by atoms with Gasteiger partial charge in [-0.05, 0) is 36.4 Å². The Morgan fingerprint density at radius 1 is 1.00 bits per heavy atom. The summed E-state index contributed by atoms with van der Waals surface area (Å²) in [6.07, 6.45) is 0. The molecule has 2 aromatic carbocycles. The van der Waals surface area contributed by atoms with E-state index in [1.165, 1.54) is 55.8 Å². The van der Waals surface area contributed by atoms with E-state index < -0.39 is 15.8 Å². The minimum absolute atomic E-state index is 0.0655. The van der Waals surface area contributed by atoms with Crippen molar-refractivity contribution in [1.82, 2.24) is 4.31 Å². The molecule has 0 saturated carbocycles.